The van der Waals surface area contributed by atoms with Crippen LogP contribution in [-0.4, -0.2) is 34.1 Å². The maximum absolute atomic E-state index is 11.2. The van der Waals surface area contributed by atoms with Gasteiger partial charge in [0.25, 0.3) is 0 Å². The molecule has 0 aliphatic carbocycles. The second kappa shape index (κ2) is 7.72. The Balaban J connectivity index is 1.50. The molecule has 150 valence electrons. The minimum atomic E-state index is -0.985. The highest BCUT2D eigenvalue weighted by molar-refractivity contribution is 7.19. The van der Waals surface area contributed by atoms with Crippen molar-refractivity contribution in [3.05, 3.63) is 60.3 Å². The molecule has 0 bridgehead atoms. The van der Waals surface area contributed by atoms with Crippen LogP contribution < -0.4 is 4.90 Å². The number of nitrogens with zero attached hydrogens (tertiary/aromatic N) is 4. The summed E-state index contributed by atoms with van der Waals surface area (Å²) in [7, 11) is 0. The van der Waals surface area contributed by atoms with E-state index in [0.29, 0.717) is 5.69 Å². The average molecular weight is 417 g/mol. The van der Waals surface area contributed by atoms with Gasteiger partial charge in [-0.3, -0.25) is 0 Å². The number of nitrogens with one attached hydrogen (secondary N) is 1. The molecule has 0 saturated carbocycles. The Morgan fingerprint density at radius 1 is 1.07 bits per heavy atom. The highest BCUT2D eigenvalue weighted by Gasteiger charge is 2.20. The maximum atomic E-state index is 11.2. The van der Waals surface area contributed by atoms with Crippen LogP contribution in [0.3, 0.4) is 0 Å². The van der Waals surface area contributed by atoms with Crippen molar-refractivity contribution < 1.29 is 9.90 Å². The Morgan fingerprint density at radius 3 is 2.63 bits per heavy atom. The number of carboxylic acids is 1. The summed E-state index contributed by atoms with van der Waals surface area (Å²) in [6.07, 6.45) is 2.37. The van der Waals surface area contributed by atoms with Crippen molar-refractivity contribution in [2.75, 3.05) is 18.0 Å². The summed E-state index contributed by atoms with van der Waals surface area (Å²) in [6, 6.07) is 17.1. The molecule has 5 rings (SSSR count). The zero-order valence-electron chi connectivity index (χ0n) is 16.1. The minimum Gasteiger partial charge on any atom is -0.477 e. The molecule has 8 heteroatoms. The molecule has 0 unspecified atom stereocenters. The molecule has 2 N–H and O–H groups in total. The van der Waals surface area contributed by atoms with E-state index in [2.05, 4.69) is 20.1 Å². The van der Waals surface area contributed by atoms with Gasteiger partial charge < -0.3 is 15.0 Å². The second-order valence-electron chi connectivity index (χ2n) is 7.17. The van der Waals surface area contributed by atoms with Crippen molar-refractivity contribution >= 4 is 44.0 Å². The zero-order valence-corrected chi connectivity index (χ0v) is 16.9. The molecule has 4 aromatic rings. The first-order valence-corrected chi connectivity index (χ1v) is 10.6. The Hall–Kier alpha value is -3.52. The van der Waals surface area contributed by atoms with E-state index >= 15 is 0 Å². The van der Waals surface area contributed by atoms with E-state index in [-0.39, 0.29) is 5.69 Å². The molecule has 30 heavy (non-hydrogen) atoms. The van der Waals surface area contributed by atoms with E-state index in [1.807, 2.05) is 48.5 Å². The fraction of sp³-hybridized carbons (Fsp3) is 0.182. The Morgan fingerprint density at radius 2 is 1.87 bits per heavy atom. The van der Waals surface area contributed by atoms with E-state index in [9.17, 15) is 4.79 Å². The first kappa shape index (κ1) is 18.5. The lowest BCUT2D eigenvalue weighted by Gasteiger charge is -2.11. The Labute approximate surface area is 176 Å². The van der Waals surface area contributed by atoms with Crippen LogP contribution in [0.15, 0.2) is 64.8 Å². The number of hydrogen-bond acceptors (Lipinski definition) is 6. The molecule has 0 amide bonds. The number of rotatable bonds is 5. The number of carboxylic acid groups (broad SMARTS) is 1. The van der Waals surface area contributed by atoms with Gasteiger partial charge in [-0.05, 0) is 37.1 Å². The number of aromatic amines is 1. The van der Waals surface area contributed by atoms with E-state index in [1.54, 1.807) is 17.4 Å². The third kappa shape index (κ3) is 3.57. The van der Waals surface area contributed by atoms with Gasteiger partial charge in [0.05, 0.1) is 5.69 Å². The number of H-pyrrole nitrogens is 1. The molecule has 1 aliphatic rings. The largest absolute Gasteiger partial charge is 0.477 e. The summed E-state index contributed by atoms with van der Waals surface area (Å²) in [5.41, 5.74) is 3.42. The van der Waals surface area contributed by atoms with E-state index < -0.39 is 5.97 Å². The number of azo groups is 1. The summed E-state index contributed by atoms with van der Waals surface area (Å²) in [6.45, 7) is 2.04. The van der Waals surface area contributed by atoms with Crippen LogP contribution >= 0.6 is 11.3 Å². The Kier molecular flexibility index (Phi) is 4.76. The van der Waals surface area contributed by atoms with Crippen LogP contribution in [0.5, 0.6) is 0 Å². The molecule has 0 atom stereocenters. The van der Waals surface area contributed by atoms with Crippen molar-refractivity contribution in [2.24, 2.45) is 10.2 Å². The van der Waals surface area contributed by atoms with Crippen molar-refractivity contribution in [1.82, 2.24) is 9.97 Å². The smallest absolute Gasteiger partial charge is 0.352 e. The van der Waals surface area contributed by atoms with E-state index in [1.165, 1.54) is 12.8 Å². The average Bonchev–Trinajstić information content (AvgIpc) is 3.51. The van der Waals surface area contributed by atoms with Gasteiger partial charge in [-0.1, -0.05) is 41.7 Å². The predicted octanol–water partition coefficient (Wildman–Crippen LogP) is 6.01. The Bertz CT molecular complexity index is 1240. The number of fused-ring (bicyclic) bond motifs is 1. The number of benzene rings is 2. The fourth-order valence-corrected chi connectivity index (χ4v) is 4.56. The van der Waals surface area contributed by atoms with Gasteiger partial charge in [0, 0.05) is 29.6 Å². The summed E-state index contributed by atoms with van der Waals surface area (Å²) in [5.74, 6) is -0.985. The molecule has 3 heterocycles. The van der Waals surface area contributed by atoms with Crippen LogP contribution in [-0.2, 0) is 0 Å². The lowest BCUT2D eigenvalue weighted by Crippen LogP contribution is -2.17. The SMILES string of the molecule is O=C(O)c1cc2cc(N=Nc3sc(N4CCCC4)nc3-c3ccccc3)ccc2[nH]1. The number of carbonyl (C=O) groups is 1. The van der Waals surface area contributed by atoms with Crippen molar-refractivity contribution in [2.45, 2.75) is 12.8 Å². The summed E-state index contributed by atoms with van der Waals surface area (Å²) in [5, 5.41) is 20.6. The highest BCUT2D eigenvalue weighted by atomic mass is 32.1. The molecular formula is C22H19N5O2S. The third-order valence-corrected chi connectivity index (χ3v) is 6.11. The topological polar surface area (TPSA) is 93.9 Å². The summed E-state index contributed by atoms with van der Waals surface area (Å²) in [4.78, 5) is 21.2. The van der Waals surface area contributed by atoms with Gasteiger partial charge in [0.15, 0.2) is 10.1 Å². The molecule has 2 aromatic carbocycles. The van der Waals surface area contributed by atoms with Crippen molar-refractivity contribution in [1.29, 1.82) is 0 Å². The molecule has 7 nitrogen and oxygen atoms in total. The maximum Gasteiger partial charge on any atom is 0.352 e. The normalized spacial score (nSPS) is 14.2. The van der Waals surface area contributed by atoms with Gasteiger partial charge in [-0.15, -0.1) is 10.2 Å². The number of hydrogen-bond donors (Lipinski definition) is 2. The lowest BCUT2D eigenvalue weighted by atomic mass is 10.2. The number of aromatic nitrogens is 2. The second-order valence-corrected chi connectivity index (χ2v) is 8.13. The third-order valence-electron chi connectivity index (χ3n) is 5.11. The van der Waals surface area contributed by atoms with Crippen molar-refractivity contribution in [3.8, 4) is 11.3 Å². The quantitative estimate of drug-likeness (QED) is 0.389. The highest BCUT2D eigenvalue weighted by Crippen LogP contribution is 2.41. The monoisotopic (exact) mass is 417 g/mol. The van der Waals surface area contributed by atoms with Gasteiger partial charge in [0.1, 0.15) is 11.4 Å². The van der Waals surface area contributed by atoms with Gasteiger partial charge in [0.2, 0.25) is 0 Å². The van der Waals surface area contributed by atoms with Crippen LogP contribution in [0, 0.1) is 0 Å². The zero-order chi connectivity index (χ0) is 20.5. The number of thiazole rings is 1. The van der Waals surface area contributed by atoms with Gasteiger partial charge in [-0.25, -0.2) is 9.78 Å². The molecule has 1 fully saturated rings. The molecule has 1 saturated heterocycles. The molecule has 1 aliphatic heterocycles. The van der Waals surface area contributed by atoms with Crippen LogP contribution in [0.1, 0.15) is 23.3 Å². The van der Waals surface area contributed by atoms with Gasteiger partial charge >= 0.3 is 5.97 Å². The van der Waals surface area contributed by atoms with Crippen LogP contribution in [0.4, 0.5) is 15.8 Å². The molecule has 0 radical (unpaired) electrons. The molecule has 0 spiro atoms. The van der Waals surface area contributed by atoms with Crippen LogP contribution in [0.25, 0.3) is 22.2 Å². The van der Waals surface area contributed by atoms with Crippen molar-refractivity contribution in [3.63, 3.8) is 0 Å². The van der Waals surface area contributed by atoms with Gasteiger partial charge in [-0.2, -0.15) is 0 Å². The first-order valence-electron chi connectivity index (χ1n) is 9.76. The van der Waals surface area contributed by atoms with E-state index in [0.717, 1.165) is 45.4 Å². The number of anilines is 1. The standard InChI is InChI=1S/C22H19N5O2S/c28-21(29)18-13-15-12-16(8-9-17(15)23-18)25-26-20-19(14-6-2-1-3-7-14)24-22(30-20)27-10-4-5-11-27/h1-3,6-9,12-13,23H,4-5,10-11H2,(H,28,29). The first-order chi connectivity index (χ1) is 14.7. The summed E-state index contributed by atoms with van der Waals surface area (Å²) < 4.78 is 0. The lowest BCUT2D eigenvalue weighted by molar-refractivity contribution is 0.0691. The predicted molar refractivity (Wildman–Crippen MR) is 118 cm³/mol. The minimum absolute atomic E-state index is 0.156. The van der Waals surface area contributed by atoms with E-state index in [4.69, 9.17) is 10.1 Å². The fourth-order valence-electron chi connectivity index (χ4n) is 3.60. The molecular weight excluding hydrogens is 398 g/mol. The molecule has 2 aromatic heterocycles. The number of aromatic carboxylic acids is 1. The van der Waals surface area contributed by atoms with Crippen LogP contribution in [0.2, 0.25) is 0 Å². The summed E-state index contributed by atoms with van der Waals surface area (Å²) >= 11 is 1.55.